The Hall–Kier alpha value is -2.56. The van der Waals surface area contributed by atoms with Crippen LogP contribution >= 0.6 is 0 Å². The van der Waals surface area contributed by atoms with Crippen LogP contribution in [0.3, 0.4) is 0 Å². The Morgan fingerprint density at radius 3 is 2.37 bits per heavy atom. The maximum Gasteiger partial charge on any atom is 0.271 e. The third kappa shape index (κ3) is 3.45. The summed E-state index contributed by atoms with van der Waals surface area (Å²) < 4.78 is 12.7. The number of hydrazone groups is 1. The third-order valence-corrected chi connectivity index (χ3v) is 2.53. The standard InChI is InChI=1S/C14H12FN3O/c1-10(11-6-8-16-9-7-11)17-18-14(19)12-2-4-13(15)5-3-12/h2-9H,1H3,(H,18,19)/b17-10+. The minimum Gasteiger partial charge on any atom is -0.267 e. The lowest BCUT2D eigenvalue weighted by molar-refractivity contribution is 0.0955. The van der Waals surface area contributed by atoms with E-state index in [9.17, 15) is 9.18 Å². The van der Waals surface area contributed by atoms with Crippen molar-refractivity contribution in [2.45, 2.75) is 6.92 Å². The fourth-order valence-corrected chi connectivity index (χ4v) is 1.46. The molecule has 0 aliphatic carbocycles. The number of benzene rings is 1. The molecule has 0 atom stereocenters. The molecular formula is C14H12FN3O. The molecule has 0 bridgehead atoms. The molecule has 19 heavy (non-hydrogen) atoms. The summed E-state index contributed by atoms with van der Waals surface area (Å²) in [7, 11) is 0. The zero-order chi connectivity index (χ0) is 13.7. The van der Waals surface area contributed by atoms with E-state index in [-0.39, 0.29) is 11.7 Å². The molecule has 1 N–H and O–H groups in total. The summed E-state index contributed by atoms with van der Waals surface area (Å²) in [4.78, 5) is 15.6. The van der Waals surface area contributed by atoms with Crippen LogP contribution < -0.4 is 5.43 Å². The lowest BCUT2D eigenvalue weighted by Gasteiger charge is -2.02. The first-order chi connectivity index (χ1) is 9.16. The van der Waals surface area contributed by atoms with Gasteiger partial charge in [0.2, 0.25) is 0 Å². The van der Waals surface area contributed by atoms with Crippen molar-refractivity contribution in [3.05, 3.63) is 65.7 Å². The van der Waals surface area contributed by atoms with E-state index >= 15 is 0 Å². The van der Waals surface area contributed by atoms with Crippen molar-refractivity contribution < 1.29 is 9.18 Å². The number of carbonyl (C=O) groups excluding carboxylic acids is 1. The van der Waals surface area contributed by atoms with E-state index in [2.05, 4.69) is 15.5 Å². The van der Waals surface area contributed by atoms with Gasteiger partial charge in [-0.1, -0.05) is 0 Å². The van der Waals surface area contributed by atoms with Gasteiger partial charge in [0.05, 0.1) is 5.71 Å². The molecule has 2 aromatic rings. The molecule has 0 unspecified atom stereocenters. The van der Waals surface area contributed by atoms with Crippen molar-refractivity contribution in [2.75, 3.05) is 0 Å². The van der Waals surface area contributed by atoms with Crippen LogP contribution in [0.5, 0.6) is 0 Å². The number of aromatic nitrogens is 1. The highest BCUT2D eigenvalue weighted by atomic mass is 19.1. The van der Waals surface area contributed by atoms with Crippen molar-refractivity contribution in [3.63, 3.8) is 0 Å². The number of nitrogens with one attached hydrogen (secondary N) is 1. The predicted molar refractivity (Wildman–Crippen MR) is 70.3 cm³/mol. The molecule has 96 valence electrons. The first-order valence-electron chi connectivity index (χ1n) is 5.67. The molecule has 0 aliphatic heterocycles. The van der Waals surface area contributed by atoms with Gasteiger partial charge < -0.3 is 0 Å². The van der Waals surface area contributed by atoms with Gasteiger partial charge in [-0.05, 0) is 43.3 Å². The molecular weight excluding hydrogens is 245 g/mol. The molecule has 1 aromatic carbocycles. The predicted octanol–water partition coefficient (Wildman–Crippen LogP) is 2.37. The van der Waals surface area contributed by atoms with Crippen LogP contribution in [0.1, 0.15) is 22.8 Å². The number of rotatable bonds is 3. The van der Waals surface area contributed by atoms with Gasteiger partial charge in [0.15, 0.2) is 0 Å². The van der Waals surface area contributed by atoms with E-state index in [1.807, 2.05) is 0 Å². The number of carbonyl (C=O) groups is 1. The SMILES string of the molecule is C/C(=N\NC(=O)c1ccc(F)cc1)c1ccncc1. The summed E-state index contributed by atoms with van der Waals surface area (Å²) >= 11 is 0. The fourth-order valence-electron chi connectivity index (χ4n) is 1.46. The van der Waals surface area contributed by atoms with Crippen LogP contribution in [0.25, 0.3) is 0 Å². The Morgan fingerprint density at radius 2 is 1.74 bits per heavy atom. The van der Waals surface area contributed by atoms with Gasteiger partial charge in [-0.25, -0.2) is 9.82 Å². The summed E-state index contributed by atoms with van der Waals surface area (Å²) in [5.41, 5.74) is 4.31. The summed E-state index contributed by atoms with van der Waals surface area (Å²) in [5, 5.41) is 3.99. The number of amides is 1. The highest BCUT2D eigenvalue weighted by molar-refractivity contribution is 6.00. The second-order valence-electron chi connectivity index (χ2n) is 3.88. The molecule has 0 fully saturated rings. The van der Waals surface area contributed by atoms with Crippen LogP contribution in [0, 0.1) is 5.82 Å². The summed E-state index contributed by atoms with van der Waals surface area (Å²) in [5.74, 6) is -0.763. The van der Waals surface area contributed by atoms with E-state index in [4.69, 9.17) is 0 Å². The molecule has 5 heteroatoms. The Morgan fingerprint density at radius 1 is 1.11 bits per heavy atom. The summed E-state index contributed by atoms with van der Waals surface area (Å²) in [6.45, 7) is 1.78. The highest BCUT2D eigenvalue weighted by Crippen LogP contribution is 2.03. The zero-order valence-corrected chi connectivity index (χ0v) is 10.3. The van der Waals surface area contributed by atoms with E-state index in [0.717, 1.165) is 5.56 Å². The summed E-state index contributed by atoms with van der Waals surface area (Å²) in [6.07, 6.45) is 3.30. The van der Waals surface area contributed by atoms with E-state index < -0.39 is 0 Å². The van der Waals surface area contributed by atoms with Crippen LogP contribution in [0.4, 0.5) is 4.39 Å². The number of pyridine rings is 1. The number of halogens is 1. The molecule has 0 aliphatic rings. The third-order valence-electron chi connectivity index (χ3n) is 2.53. The Labute approximate surface area is 110 Å². The van der Waals surface area contributed by atoms with Crippen molar-refractivity contribution in [1.82, 2.24) is 10.4 Å². The van der Waals surface area contributed by atoms with Gasteiger partial charge in [-0.15, -0.1) is 0 Å². The molecule has 1 amide bonds. The monoisotopic (exact) mass is 257 g/mol. The van der Waals surface area contributed by atoms with Crippen molar-refractivity contribution in [3.8, 4) is 0 Å². The molecule has 0 saturated carbocycles. The Bertz CT molecular complexity index is 594. The van der Waals surface area contributed by atoms with Crippen molar-refractivity contribution in [2.24, 2.45) is 5.10 Å². The molecule has 1 aromatic heterocycles. The largest absolute Gasteiger partial charge is 0.271 e. The minimum absolute atomic E-state index is 0.354. The van der Waals surface area contributed by atoms with Gasteiger partial charge in [-0.2, -0.15) is 5.10 Å². The number of hydrogen-bond acceptors (Lipinski definition) is 3. The molecule has 1 heterocycles. The number of hydrogen-bond donors (Lipinski definition) is 1. The first kappa shape index (κ1) is 12.9. The zero-order valence-electron chi connectivity index (χ0n) is 10.3. The molecule has 0 saturated heterocycles. The Balaban J connectivity index is 2.06. The van der Waals surface area contributed by atoms with Gasteiger partial charge >= 0.3 is 0 Å². The van der Waals surface area contributed by atoms with Crippen LogP contribution in [0.2, 0.25) is 0 Å². The lowest BCUT2D eigenvalue weighted by Crippen LogP contribution is -2.19. The van der Waals surface area contributed by atoms with E-state index in [1.165, 1.54) is 24.3 Å². The maximum atomic E-state index is 12.7. The van der Waals surface area contributed by atoms with Crippen LogP contribution in [-0.2, 0) is 0 Å². The molecule has 0 spiro atoms. The lowest BCUT2D eigenvalue weighted by atomic mass is 10.2. The second-order valence-corrected chi connectivity index (χ2v) is 3.88. The normalized spacial score (nSPS) is 11.2. The smallest absolute Gasteiger partial charge is 0.267 e. The highest BCUT2D eigenvalue weighted by Gasteiger charge is 2.04. The van der Waals surface area contributed by atoms with Crippen molar-refractivity contribution >= 4 is 11.6 Å². The van der Waals surface area contributed by atoms with E-state index in [0.29, 0.717) is 11.3 Å². The maximum absolute atomic E-state index is 12.7. The number of nitrogens with zero attached hydrogens (tertiary/aromatic N) is 2. The average Bonchev–Trinajstić information content (AvgIpc) is 2.46. The first-order valence-corrected chi connectivity index (χ1v) is 5.67. The van der Waals surface area contributed by atoms with E-state index in [1.54, 1.807) is 31.5 Å². The second kappa shape index (κ2) is 5.86. The quantitative estimate of drug-likeness (QED) is 0.678. The summed E-state index contributed by atoms with van der Waals surface area (Å²) in [6, 6.07) is 8.86. The van der Waals surface area contributed by atoms with Gasteiger partial charge in [0, 0.05) is 23.5 Å². The van der Waals surface area contributed by atoms with Gasteiger partial charge in [0.25, 0.3) is 5.91 Å². The fraction of sp³-hybridized carbons (Fsp3) is 0.0714. The molecule has 0 radical (unpaired) electrons. The van der Waals surface area contributed by atoms with Gasteiger partial charge in [0.1, 0.15) is 5.82 Å². The van der Waals surface area contributed by atoms with Crippen LogP contribution in [-0.4, -0.2) is 16.6 Å². The Kier molecular flexibility index (Phi) is 3.97. The average molecular weight is 257 g/mol. The minimum atomic E-state index is -0.381. The molecule has 2 rings (SSSR count). The topological polar surface area (TPSA) is 54.4 Å². The van der Waals surface area contributed by atoms with Crippen molar-refractivity contribution in [1.29, 1.82) is 0 Å². The van der Waals surface area contributed by atoms with Crippen LogP contribution in [0.15, 0.2) is 53.9 Å². The van der Waals surface area contributed by atoms with Gasteiger partial charge in [-0.3, -0.25) is 9.78 Å². The molecule has 4 nitrogen and oxygen atoms in total.